The Balaban J connectivity index is 1.94. The van der Waals surface area contributed by atoms with Gasteiger partial charge in [0.1, 0.15) is 4.87 Å². The van der Waals surface area contributed by atoms with Gasteiger partial charge in [-0.2, -0.15) is 5.10 Å². The van der Waals surface area contributed by atoms with Crippen molar-refractivity contribution in [3.8, 4) is 22.5 Å². The fourth-order valence-electron chi connectivity index (χ4n) is 3.80. The molecule has 0 spiro atoms. The quantitative estimate of drug-likeness (QED) is 0.306. The van der Waals surface area contributed by atoms with Crippen LogP contribution in [0.3, 0.4) is 0 Å². The Morgan fingerprint density at radius 2 is 1.82 bits per heavy atom. The number of carbonyl (C=O) groups is 1. The van der Waals surface area contributed by atoms with Crippen LogP contribution in [0, 0.1) is 6.92 Å². The number of aromatic nitrogens is 3. The number of fused-ring (bicyclic) bond motifs is 1. The third-order valence-corrected chi connectivity index (χ3v) is 7.41. The fraction of sp³-hybridized carbons (Fsp3) is 0.222. The lowest BCUT2D eigenvalue weighted by Gasteiger charge is -2.29. The van der Waals surface area contributed by atoms with Crippen molar-refractivity contribution >= 4 is 28.6 Å². The second-order valence-electron chi connectivity index (χ2n) is 8.27. The van der Waals surface area contributed by atoms with E-state index in [0.717, 1.165) is 45.4 Å². The summed E-state index contributed by atoms with van der Waals surface area (Å²) in [5, 5.41) is 17.2. The summed E-state index contributed by atoms with van der Waals surface area (Å²) in [4.78, 5) is 15.6. The summed E-state index contributed by atoms with van der Waals surface area (Å²) < 4.78 is 2.05. The van der Waals surface area contributed by atoms with Crippen molar-refractivity contribution in [2.75, 3.05) is 0 Å². The summed E-state index contributed by atoms with van der Waals surface area (Å²) >= 11 is 1.48. The molecule has 0 saturated carbocycles. The molecular formula is C27H27N3O2S. The number of para-hydroxylation sites is 1. The van der Waals surface area contributed by atoms with Gasteiger partial charge in [-0.15, -0.1) is 11.8 Å². The van der Waals surface area contributed by atoms with Crippen LogP contribution in [0.5, 0.6) is 0 Å². The molecule has 0 bridgehead atoms. The van der Waals surface area contributed by atoms with Gasteiger partial charge in [-0.25, -0.2) is 9.48 Å². The molecule has 0 fully saturated rings. The first-order chi connectivity index (χ1) is 15.8. The Kier molecular flexibility index (Phi) is 6.38. The number of thioether (sulfide) groups is 1. The number of nitrogens with zero attached hydrogens (tertiary/aromatic N) is 3. The van der Waals surface area contributed by atoms with E-state index in [4.69, 9.17) is 5.10 Å². The highest BCUT2D eigenvalue weighted by Crippen LogP contribution is 2.42. The van der Waals surface area contributed by atoms with Crippen LogP contribution in [-0.2, 0) is 9.67 Å². The smallest absolute Gasteiger partial charge is 0.331 e. The Labute approximate surface area is 198 Å². The Morgan fingerprint density at radius 1 is 1.12 bits per heavy atom. The lowest BCUT2D eigenvalue weighted by atomic mass is 10.0. The van der Waals surface area contributed by atoms with Gasteiger partial charge in [0.05, 0.1) is 16.9 Å². The van der Waals surface area contributed by atoms with Crippen molar-refractivity contribution in [1.82, 2.24) is 14.8 Å². The average molecular weight is 458 g/mol. The molecule has 0 radical (unpaired) electrons. The van der Waals surface area contributed by atoms with Gasteiger partial charge in [0.25, 0.3) is 0 Å². The first-order valence-electron chi connectivity index (χ1n) is 10.9. The molecular weight excluding hydrogens is 430 g/mol. The molecule has 0 saturated heterocycles. The monoisotopic (exact) mass is 457 g/mol. The largest absolute Gasteiger partial charge is 0.478 e. The van der Waals surface area contributed by atoms with Gasteiger partial charge in [0, 0.05) is 33.8 Å². The van der Waals surface area contributed by atoms with E-state index in [2.05, 4.69) is 50.0 Å². The summed E-state index contributed by atoms with van der Waals surface area (Å²) in [5.41, 5.74) is 6.26. The van der Waals surface area contributed by atoms with E-state index in [1.54, 1.807) is 12.3 Å². The van der Waals surface area contributed by atoms with E-state index in [1.807, 2.05) is 47.3 Å². The maximum Gasteiger partial charge on any atom is 0.331 e. The summed E-state index contributed by atoms with van der Waals surface area (Å²) in [6.45, 7) is 7.90. The standard InChI is InChI=1S/C27H27N3O2S/c1-5-27(4,33-17-18(2)26(31)32)30-25(19(3)24(29-30)20-11-7-6-8-12-20)22-15-21-13-9-10-14-23(21)28-16-22/h6-17H,5H2,1-4H3,(H,31,32)/b18-17+/t27-/m1/s1. The maximum atomic E-state index is 11.4. The summed E-state index contributed by atoms with van der Waals surface area (Å²) in [5.74, 6) is -0.915. The molecule has 0 aliphatic heterocycles. The van der Waals surface area contributed by atoms with Crippen molar-refractivity contribution in [2.45, 2.75) is 39.0 Å². The van der Waals surface area contributed by atoms with Crippen molar-refractivity contribution < 1.29 is 9.90 Å². The highest BCUT2D eigenvalue weighted by Gasteiger charge is 2.31. The zero-order chi connectivity index (χ0) is 23.6. The van der Waals surface area contributed by atoms with E-state index >= 15 is 0 Å². The van der Waals surface area contributed by atoms with Gasteiger partial charge in [-0.05, 0) is 44.7 Å². The Morgan fingerprint density at radius 3 is 2.52 bits per heavy atom. The number of rotatable bonds is 7. The SMILES string of the molecule is CC[C@@](C)(S/C=C(\C)C(=O)O)n1nc(-c2ccccc2)c(C)c1-c1cnc2ccccc2c1. The molecule has 4 aromatic rings. The first kappa shape index (κ1) is 22.8. The second-order valence-corrected chi connectivity index (χ2v) is 9.62. The predicted molar refractivity (Wildman–Crippen MR) is 136 cm³/mol. The van der Waals surface area contributed by atoms with E-state index < -0.39 is 10.8 Å². The van der Waals surface area contributed by atoms with Crippen LogP contribution in [0.15, 0.2) is 77.8 Å². The first-order valence-corrected chi connectivity index (χ1v) is 11.8. The number of aliphatic carboxylic acids is 1. The van der Waals surface area contributed by atoms with Gasteiger partial charge in [-0.1, -0.05) is 55.5 Å². The van der Waals surface area contributed by atoms with E-state index in [1.165, 1.54) is 11.8 Å². The Hall–Kier alpha value is -3.38. The minimum atomic E-state index is -0.915. The van der Waals surface area contributed by atoms with Crippen LogP contribution >= 0.6 is 11.8 Å². The predicted octanol–water partition coefficient (Wildman–Crippen LogP) is 6.88. The minimum Gasteiger partial charge on any atom is -0.478 e. The van der Waals surface area contributed by atoms with Gasteiger partial charge >= 0.3 is 5.97 Å². The van der Waals surface area contributed by atoms with Crippen LogP contribution in [0.25, 0.3) is 33.4 Å². The van der Waals surface area contributed by atoms with E-state index in [-0.39, 0.29) is 0 Å². The molecule has 33 heavy (non-hydrogen) atoms. The highest BCUT2D eigenvalue weighted by molar-refractivity contribution is 8.02. The number of carboxylic acids is 1. The van der Waals surface area contributed by atoms with Crippen LogP contribution in [-0.4, -0.2) is 25.8 Å². The molecule has 2 heterocycles. The summed E-state index contributed by atoms with van der Waals surface area (Å²) in [7, 11) is 0. The van der Waals surface area contributed by atoms with Crippen molar-refractivity contribution in [1.29, 1.82) is 0 Å². The van der Waals surface area contributed by atoms with Crippen molar-refractivity contribution in [3.63, 3.8) is 0 Å². The molecule has 0 aliphatic rings. The normalized spacial score (nSPS) is 13.8. The highest BCUT2D eigenvalue weighted by atomic mass is 32.2. The lowest BCUT2D eigenvalue weighted by molar-refractivity contribution is -0.132. The van der Waals surface area contributed by atoms with E-state index in [0.29, 0.717) is 5.57 Å². The molecule has 1 atom stereocenters. The molecule has 1 N–H and O–H groups in total. The van der Waals surface area contributed by atoms with Crippen LogP contribution in [0.1, 0.15) is 32.8 Å². The zero-order valence-electron chi connectivity index (χ0n) is 19.2. The van der Waals surface area contributed by atoms with Gasteiger partial charge in [-0.3, -0.25) is 4.98 Å². The van der Waals surface area contributed by atoms with Crippen LogP contribution in [0.4, 0.5) is 0 Å². The number of hydrogen-bond acceptors (Lipinski definition) is 4. The number of carboxylic acid groups (broad SMARTS) is 1. The topological polar surface area (TPSA) is 68.0 Å². The third-order valence-electron chi connectivity index (χ3n) is 5.96. The van der Waals surface area contributed by atoms with E-state index in [9.17, 15) is 9.90 Å². The molecule has 0 amide bonds. The zero-order valence-corrected chi connectivity index (χ0v) is 20.1. The summed E-state index contributed by atoms with van der Waals surface area (Å²) in [6, 6.07) is 20.4. The number of pyridine rings is 1. The molecule has 4 rings (SSSR count). The number of hydrogen-bond donors (Lipinski definition) is 1. The van der Waals surface area contributed by atoms with Crippen molar-refractivity contribution in [3.05, 3.63) is 83.4 Å². The molecule has 2 aromatic carbocycles. The summed E-state index contributed by atoms with van der Waals surface area (Å²) in [6.07, 6.45) is 2.65. The molecule has 6 heteroatoms. The average Bonchev–Trinajstić information content (AvgIpc) is 3.20. The third kappa shape index (κ3) is 4.44. The minimum absolute atomic E-state index is 0.306. The number of benzene rings is 2. The molecule has 2 aromatic heterocycles. The fourth-order valence-corrected chi connectivity index (χ4v) is 4.73. The van der Waals surface area contributed by atoms with Gasteiger partial charge in [0.2, 0.25) is 0 Å². The second kappa shape index (κ2) is 9.24. The molecule has 168 valence electrons. The van der Waals surface area contributed by atoms with Crippen LogP contribution < -0.4 is 0 Å². The molecule has 0 aliphatic carbocycles. The maximum absolute atomic E-state index is 11.4. The molecule has 5 nitrogen and oxygen atoms in total. The van der Waals surface area contributed by atoms with Gasteiger partial charge in [0.15, 0.2) is 0 Å². The van der Waals surface area contributed by atoms with Gasteiger partial charge < -0.3 is 5.11 Å². The van der Waals surface area contributed by atoms with Crippen LogP contribution in [0.2, 0.25) is 0 Å². The van der Waals surface area contributed by atoms with Crippen molar-refractivity contribution in [2.24, 2.45) is 0 Å². The lowest BCUT2D eigenvalue weighted by Crippen LogP contribution is -2.27. The Bertz CT molecular complexity index is 1340. The molecule has 0 unspecified atom stereocenters.